The van der Waals surface area contributed by atoms with Crippen LogP contribution in [0.3, 0.4) is 0 Å². The minimum Gasteiger partial charge on any atom is -0.446 e. The first-order valence-electron chi connectivity index (χ1n) is 10.6. The smallest absolute Gasteiger partial charge is 0.407 e. The number of pyridine rings is 1. The molecule has 3 heterocycles. The van der Waals surface area contributed by atoms with Crippen LogP contribution in [0.5, 0.6) is 0 Å². The molecule has 1 aliphatic carbocycles. The van der Waals surface area contributed by atoms with Crippen LogP contribution >= 0.6 is 0 Å². The number of piperidine rings is 1. The molecule has 2 aromatic heterocycles. The van der Waals surface area contributed by atoms with E-state index in [4.69, 9.17) is 9.72 Å². The van der Waals surface area contributed by atoms with Crippen molar-refractivity contribution >= 4 is 17.1 Å². The molecular formula is C22H32N4O2. The monoisotopic (exact) mass is 384 g/mol. The van der Waals surface area contributed by atoms with Crippen molar-refractivity contribution in [1.29, 1.82) is 0 Å². The Bertz CT molecular complexity index is 823. The molecule has 0 bridgehead atoms. The summed E-state index contributed by atoms with van der Waals surface area (Å²) in [7, 11) is 2.20. The summed E-state index contributed by atoms with van der Waals surface area (Å²) in [6, 6.07) is 2.43. The van der Waals surface area contributed by atoms with E-state index in [1.807, 2.05) is 20.0 Å². The van der Waals surface area contributed by atoms with E-state index in [-0.39, 0.29) is 18.2 Å². The second kappa shape index (κ2) is 8.11. The van der Waals surface area contributed by atoms with Crippen molar-refractivity contribution < 1.29 is 9.53 Å². The largest absolute Gasteiger partial charge is 0.446 e. The summed E-state index contributed by atoms with van der Waals surface area (Å²) in [6.45, 7) is 6.20. The Morgan fingerprint density at radius 3 is 2.79 bits per heavy atom. The molecule has 4 rings (SSSR count). The highest BCUT2D eigenvalue weighted by Crippen LogP contribution is 2.38. The average molecular weight is 385 g/mol. The van der Waals surface area contributed by atoms with Gasteiger partial charge in [0.05, 0.1) is 0 Å². The van der Waals surface area contributed by atoms with Gasteiger partial charge in [-0.15, -0.1) is 0 Å². The minimum absolute atomic E-state index is 0.000904. The zero-order valence-electron chi connectivity index (χ0n) is 17.2. The number of fused-ring (bicyclic) bond motifs is 1. The molecule has 0 radical (unpaired) electrons. The maximum Gasteiger partial charge on any atom is 0.407 e. The lowest BCUT2D eigenvalue weighted by Crippen LogP contribution is -2.33. The van der Waals surface area contributed by atoms with Gasteiger partial charge in [0.25, 0.3) is 0 Å². The molecule has 0 aromatic carbocycles. The number of amides is 1. The lowest BCUT2D eigenvalue weighted by Gasteiger charge is -2.28. The van der Waals surface area contributed by atoms with Gasteiger partial charge in [0.2, 0.25) is 0 Å². The van der Waals surface area contributed by atoms with Gasteiger partial charge in [-0.2, -0.15) is 0 Å². The van der Waals surface area contributed by atoms with Crippen LogP contribution in [0.4, 0.5) is 4.79 Å². The van der Waals surface area contributed by atoms with Gasteiger partial charge in [-0.3, -0.25) is 0 Å². The lowest BCUT2D eigenvalue weighted by atomic mass is 9.89. The molecule has 2 atom stereocenters. The number of likely N-dealkylation sites (tertiary alicyclic amines) is 1. The van der Waals surface area contributed by atoms with Gasteiger partial charge >= 0.3 is 6.09 Å². The summed E-state index contributed by atoms with van der Waals surface area (Å²) < 4.78 is 5.59. The van der Waals surface area contributed by atoms with E-state index >= 15 is 0 Å². The van der Waals surface area contributed by atoms with E-state index in [9.17, 15) is 4.79 Å². The fraction of sp³-hybridized carbons (Fsp3) is 0.636. The van der Waals surface area contributed by atoms with Crippen LogP contribution in [-0.2, 0) is 4.74 Å². The van der Waals surface area contributed by atoms with E-state index in [1.54, 1.807) is 0 Å². The van der Waals surface area contributed by atoms with Crippen molar-refractivity contribution in [2.45, 2.75) is 69.9 Å². The second-order valence-corrected chi connectivity index (χ2v) is 8.82. The fourth-order valence-corrected chi connectivity index (χ4v) is 4.69. The standard InChI is InChI=1S/C22H32N4O2/c1-14(2)25-22(27)28-18-5-4-16(10-18)17-11-19-20(13-24-21(19)23-12-17)15-6-8-26(3)9-7-15/h11-16,18H,4-10H2,1-3H3,(H,23,24)(H,25,27)/t16-,18+/m0/s1. The first kappa shape index (κ1) is 19.2. The first-order valence-corrected chi connectivity index (χ1v) is 10.6. The predicted octanol–water partition coefficient (Wildman–Crippen LogP) is 4.14. The van der Waals surface area contributed by atoms with E-state index in [2.05, 4.69) is 34.5 Å². The number of ether oxygens (including phenoxy) is 1. The molecule has 6 nitrogen and oxygen atoms in total. The molecule has 152 valence electrons. The van der Waals surface area contributed by atoms with Gasteiger partial charge in [-0.05, 0) is 95.1 Å². The molecule has 1 amide bonds. The third-order valence-corrected chi connectivity index (χ3v) is 6.28. The number of aromatic amines is 1. The number of alkyl carbamates (subject to hydrolysis) is 1. The van der Waals surface area contributed by atoms with Gasteiger partial charge in [0.15, 0.2) is 0 Å². The Balaban J connectivity index is 1.46. The van der Waals surface area contributed by atoms with Crippen molar-refractivity contribution in [3.63, 3.8) is 0 Å². The number of H-pyrrole nitrogens is 1. The van der Waals surface area contributed by atoms with Crippen molar-refractivity contribution in [1.82, 2.24) is 20.2 Å². The number of carbonyl (C=O) groups excluding carboxylic acids is 1. The zero-order chi connectivity index (χ0) is 19.7. The summed E-state index contributed by atoms with van der Waals surface area (Å²) in [6.07, 6.45) is 9.11. The molecule has 0 unspecified atom stereocenters. The van der Waals surface area contributed by atoms with Gasteiger partial charge in [-0.25, -0.2) is 9.78 Å². The topological polar surface area (TPSA) is 70.2 Å². The average Bonchev–Trinajstić information content (AvgIpc) is 3.28. The number of rotatable bonds is 4. The fourth-order valence-electron chi connectivity index (χ4n) is 4.69. The maximum absolute atomic E-state index is 11.9. The van der Waals surface area contributed by atoms with Crippen LogP contribution in [-0.4, -0.2) is 53.2 Å². The third-order valence-electron chi connectivity index (χ3n) is 6.28. The molecule has 0 spiro atoms. The Hall–Kier alpha value is -2.08. The summed E-state index contributed by atoms with van der Waals surface area (Å²) in [5.74, 6) is 1.02. The van der Waals surface area contributed by atoms with Crippen LogP contribution < -0.4 is 5.32 Å². The Morgan fingerprint density at radius 2 is 2.04 bits per heavy atom. The van der Waals surface area contributed by atoms with Crippen LogP contribution in [0.15, 0.2) is 18.5 Å². The molecule has 2 aliphatic rings. The van der Waals surface area contributed by atoms with Crippen LogP contribution in [0, 0.1) is 0 Å². The number of nitrogens with one attached hydrogen (secondary N) is 2. The molecular weight excluding hydrogens is 352 g/mol. The quantitative estimate of drug-likeness (QED) is 0.831. The Kier molecular flexibility index (Phi) is 5.58. The Morgan fingerprint density at radius 1 is 1.25 bits per heavy atom. The summed E-state index contributed by atoms with van der Waals surface area (Å²) in [4.78, 5) is 22.3. The van der Waals surface area contributed by atoms with Gasteiger partial charge in [-0.1, -0.05) is 0 Å². The van der Waals surface area contributed by atoms with Crippen LogP contribution in [0.25, 0.3) is 11.0 Å². The van der Waals surface area contributed by atoms with E-state index < -0.39 is 0 Å². The third kappa shape index (κ3) is 4.17. The van der Waals surface area contributed by atoms with Gasteiger partial charge in [0.1, 0.15) is 11.8 Å². The molecule has 1 saturated carbocycles. The number of nitrogens with zero attached hydrogens (tertiary/aromatic N) is 2. The lowest BCUT2D eigenvalue weighted by molar-refractivity contribution is 0.0982. The van der Waals surface area contributed by atoms with E-state index in [0.717, 1.165) is 38.0 Å². The maximum atomic E-state index is 11.9. The van der Waals surface area contributed by atoms with E-state index in [1.165, 1.54) is 29.4 Å². The summed E-state index contributed by atoms with van der Waals surface area (Å²) in [5.41, 5.74) is 3.68. The van der Waals surface area contributed by atoms with Crippen molar-refractivity contribution in [2.24, 2.45) is 0 Å². The van der Waals surface area contributed by atoms with Crippen molar-refractivity contribution in [3.05, 3.63) is 29.6 Å². The van der Waals surface area contributed by atoms with Crippen LogP contribution in [0.1, 0.15) is 68.9 Å². The summed E-state index contributed by atoms with van der Waals surface area (Å²) in [5, 5.41) is 4.08. The molecule has 2 N–H and O–H groups in total. The number of hydrogen-bond donors (Lipinski definition) is 2. The predicted molar refractivity (Wildman–Crippen MR) is 111 cm³/mol. The molecule has 6 heteroatoms. The van der Waals surface area contributed by atoms with Gasteiger partial charge in [0, 0.05) is 23.8 Å². The van der Waals surface area contributed by atoms with Crippen molar-refractivity contribution in [2.75, 3.05) is 20.1 Å². The second-order valence-electron chi connectivity index (χ2n) is 8.82. The van der Waals surface area contributed by atoms with Gasteiger partial charge < -0.3 is 19.9 Å². The number of carbonyl (C=O) groups is 1. The molecule has 1 aliphatic heterocycles. The highest BCUT2D eigenvalue weighted by Gasteiger charge is 2.30. The van der Waals surface area contributed by atoms with Crippen LogP contribution in [0.2, 0.25) is 0 Å². The van der Waals surface area contributed by atoms with E-state index in [0.29, 0.717) is 11.8 Å². The number of aromatic nitrogens is 2. The molecule has 1 saturated heterocycles. The molecule has 2 aromatic rings. The summed E-state index contributed by atoms with van der Waals surface area (Å²) >= 11 is 0. The highest BCUT2D eigenvalue weighted by atomic mass is 16.6. The normalized spacial score (nSPS) is 24.1. The van der Waals surface area contributed by atoms with Crippen molar-refractivity contribution in [3.8, 4) is 0 Å². The zero-order valence-corrected chi connectivity index (χ0v) is 17.2. The Labute approximate surface area is 167 Å². The highest BCUT2D eigenvalue weighted by molar-refractivity contribution is 5.81. The number of hydrogen-bond acceptors (Lipinski definition) is 4. The SMILES string of the molecule is CC(C)NC(=O)O[C@@H]1CC[C@H](c2cnc3[nH]cc(C4CCN(C)CC4)c3c2)C1. The minimum atomic E-state index is -0.301. The molecule has 2 fully saturated rings. The molecule has 28 heavy (non-hydrogen) atoms. The first-order chi connectivity index (χ1) is 13.5.